The number of aromatic nitrogens is 2. The molecule has 0 bridgehead atoms. The van der Waals surface area contributed by atoms with Crippen molar-refractivity contribution in [2.75, 3.05) is 22.7 Å². The van der Waals surface area contributed by atoms with Gasteiger partial charge in [-0.2, -0.15) is 18.2 Å². The van der Waals surface area contributed by atoms with Gasteiger partial charge in [0.05, 0.1) is 0 Å². The van der Waals surface area contributed by atoms with E-state index in [0.29, 0.717) is 6.07 Å². The smallest absolute Gasteiger partial charge is 0.354 e. The van der Waals surface area contributed by atoms with Gasteiger partial charge in [-0.3, -0.25) is 10.9 Å². The average Bonchev–Trinajstić information content (AvgIpc) is 2.52. The molecule has 0 atom stereocenters. The number of rotatable bonds is 5. The molecule has 0 radical (unpaired) electrons. The van der Waals surface area contributed by atoms with Crippen molar-refractivity contribution < 1.29 is 30.7 Å². The topological polar surface area (TPSA) is 61.9 Å². The van der Waals surface area contributed by atoms with Crippen LogP contribution in [0.1, 0.15) is 12.6 Å². The van der Waals surface area contributed by atoms with E-state index >= 15 is 0 Å². The summed E-state index contributed by atoms with van der Waals surface area (Å²) in [5.41, 5.74) is 1.12. The maximum atomic E-state index is 13.5. The van der Waals surface area contributed by atoms with Crippen LogP contribution in [0.2, 0.25) is 0 Å². The van der Waals surface area contributed by atoms with Crippen LogP contribution < -0.4 is 16.2 Å². The van der Waals surface area contributed by atoms with Crippen molar-refractivity contribution in [1.29, 1.82) is 0 Å². The van der Waals surface area contributed by atoms with E-state index in [1.54, 1.807) is 12.3 Å². The Bertz CT molecular complexity index is 752. The van der Waals surface area contributed by atoms with Crippen molar-refractivity contribution in [3.63, 3.8) is 0 Å². The Kier molecular flexibility index (Phi) is 5.18. The van der Waals surface area contributed by atoms with Crippen molar-refractivity contribution in [3.05, 3.63) is 41.1 Å². The Hall–Kier alpha value is -2.79. The van der Waals surface area contributed by atoms with Crippen molar-refractivity contribution in [1.82, 2.24) is 9.97 Å². The van der Waals surface area contributed by atoms with E-state index in [2.05, 4.69) is 15.3 Å². The molecule has 0 amide bonds. The van der Waals surface area contributed by atoms with Gasteiger partial charge in [0, 0.05) is 18.7 Å². The molecule has 25 heavy (non-hydrogen) atoms. The van der Waals surface area contributed by atoms with Gasteiger partial charge in [0.2, 0.25) is 5.95 Å². The van der Waals surface area contributed by atoms with Crippen LogP contribution in [0.5, 0.6) is 0 Å². The first-order valence-electron chi connectivity index (χ1n) is 6.68. The summed E-state index contributed by atoms with van der Waals surface area (Å²) in [6.07, 6.45) is -4.81. The van der Waals surface area contributed by atoms with Crippen molar-refractivity contribution in [2.24, 2.45) is 0 Å². The third-order valence-corrected chi connectivity index (χ3v) is 2.78. The number of hydrogen-bond donors (Lipinski definition) is 3. The molecule has 136 valence electrons. The lowest BCUT2D eigenvalue weighted by atomic mass is 10.2. The van der Waals surface area contributed by atoms with Crippen molar-refractivity contribution >= 4 is 17.5 Å². The summed E-state index contributed by atoms with van der Waals surface area (Å²) < 4.78 is 91.6. The van der Waals surface area contributed by atoms with E-state index in [0.717, 1.165) is 0 Å². The largest absolute Gasteiger partial charge is 0.433 e. The van der Waals surface area contributed by atoms with Crippen LogP contribution in [0.25, 0.3) is 0 Å². The molecule has 3 N–H and O–H groups in total. The monoisotopic (exact) mass is 369 g/mol. The Balaban J connectivity index is 2.34. The third-order valence-electron chi connectivity index (χ3n) is 2.78. The first-order valence-corrected chi connectivity index (χ1v) is 6.68. The molecule has 0 saturated carbocycles. The van der Waals surface area contributed by atoms with Gasteiger partial charge in [0.25, 0.3) is 0 Å². The van der Waals surface area contributed by atoms with Crippen LogP contribution in [0, 0.1) is 23.3 Å². The molecule has 0 aliphatic rings. The minimum Gasteiger partial charge on any atom is -0.354 e. The highest BCUT2D eigenvalue weighted by atomic mass is 19.4. The van der Waals surface area contributed by atoms with Gasteiger partial charge in [-0.05, 0) is 6.92 Å². The number of hydrazine groups is 1. The molecule has 0 aliphatic heterocycles. The predicted molar refractivity (Wildman–Crippen MR) is 74.7 cm³/mol. The fourth-order valence-electron chi connectivity index (χ4n) is 1.70. The molecular formula is C13H10F7N5. The molecule has 0 fully saturated rings. The summed E-state index contributed by atoms with van der Waals surface area (Å²) in [4.78, 5) is 6.86. The quantitative estimate of drug-likeness (QED) is 0.424. The van der Waals surface area contributed by atoms with Crippen LogP contribution in [0.15, 0.2) is 12.1 Å². The van der Waals surface area contributed by atoms with Crippen LogP contribution >= 0.6 is 0 Å². The lowest BCUT2D eigenvalue weighted by Gasteiger charge is -2.14. The molecule has 0 unspecified atom stereocenters. The van der Waals surface area contributed by atoms with E-state index in [1.165, 1.54) is 0 Å². The molecule has 2 rings (SSSR count). The molecule has 1 aromatic carbocycles. The molecule has 1 heterocycles. The van der Waals surface area contributed by atoms with Crippen molar-refractivity contribution in [3.8, 4) is 0 Å². The SMILES string of the molecule is CCNc1nc(NNc2c(F)c(F)cc(F)c2F)cc(C(F)(F)F)n1. The summed E-state index contributed by atoms with van der Waals surface area (Å²) >= 11 is 0. The van der Waals surface area contributed by atoms with E-state index in [1.807, 2.05) is 5.43 Å². The minimum absolute atomic E-state index is 0.00837. The lowest BCUT2D eigenvalue weighted by Crippen LogP contribution is -2.18. The molecule has 5 nitrogen and oxygen atoms in total. The summed E-state index contributed by atoms with van der Waals surface area (Å²) in [6.45, 7) is 1.78. The Morgan fingerprint density at radius 1 is 0.920 bits per heavy atom. The second kappa shape index (κ2) is 6.99. The zero-order valence-corrected chi connectivity index (χ0v) is 12.4. The van der Waals surface area contributed by atoms with Gasteiger partial charge in [-0.25, -0.2) is 22.5 Å². The van der Waals surface area contributed by atoms with Crippen LogP contribution in [0.3, 0.4) is 0 Å². The van der Waals surface area contributed by atoms with Gasteiger partial charge in [0.15, 0.2) is 34.8 Å². The molecule has 0 saturated heterocycles. The predicted octanol–water partition coefficient (Wildman–Crippen LogP) is 3.92. The standard InChI is InChI=1S/C13H10F7N5/c1-2-21-12-22-7(13(18,19)20)4-8(23-12)24-25-11-9(16)5(14)3-6(15)10(11)17/h3-4,25H,2H2,1H3,(H2,21,22,23,24). The first kappa shape index (κ1) is 18.5. The highest BCUT2D eigenvalue weighted by Crippen LogP contribution is 2.30. The molecule has 0 spiro atoms. The number of nitrogens with zero attached hydrogens (tertiary/aromatic N) is 2. The Labute approximate surface area is 136 Å². The normalized spacial score (nSPS) is 11.4. The van der Waals surface area contributed by atoms with Gasteiger partial charge in [0.1, 0.15) is 5.69 Å². The molecule has 0 aliphatic carbocycles. The Morgan fingerprint density at radius 2 is 1.52 bits per heavy atom. The second-order valence-corrected chi connectivity index (χ2v) is 4.58. The number of benzene rings is 1. The summed E-state index contributed by atoms with van der Waals surface area (Å²) in [6, 6.07) is 0.435. The van der Waals surface area contributed by atoms with Crippen LogP contribution in [-0.2, 0) is 6.18 Å². The molecular weight excluding hydrogens is 359 g/mol. The lowest BCUT2D eigenvalue weighted by molar-refractivity contribution is -0.141. The zero-order chi connectivity index (χ0) is 18.8. The molecule has 1 aromatic heterocycles. The third kappa shape index (κ3) is 4.19. The van der Waals surface area contributed by atoms with E-state index in [4.69, 9.17) is 0 Å². The number of anilines is 3. The Morgan fingerprint density at radius 3 is 2.04 bits per heavy atom. The van der Waals surface area contributed by atoms with Gasteiger partial charge >= 0.3 is 6.18 Å². The highest BCUT2D eigenvalue weighted by molar-refractivity contribution is 5.53. The maximum absolute atomic E-state index is 13.5. The van der Waals surface area contributed by atoms with E-state index in [9.17, 15) is 30.7 Å². The van der Waals surface area contributed by atoms with Gasteiger partial charge in [-0.1, -0.05) is 0 Å². The summed E-state index contributed by atoms with van der Waals surface area (Å²) in [5, 5.41) is 2.44. The fraction of sp³-hybridized carbons (Fsp3) is 0.231. The van der Waals surface area contributed by atoms with Crippen LogP contribution in [-0.4, -0.2) is 16.5 Å². The van der Waals surface area contributed by atoms with Gasteiger partial charge < -0.3 is 5.32 Å². The van der Waals surface area contributed by atoms with Crippen LogP contribution in [0.4, 0.5) is 48.2 Å². The summed E-state index contributed by atoms with van der Waals surface area (Å²) in [5.74, 6) is -7.84. The zero-order valence-electron chi connectivity index (χ0n) is 12.4. The number of hydrogen-bond acceptors (Lipinski definition) is 5. The fourth-order valence-corrected chi connectivity index (χ4v) is 1.70. The van der Waals surface area contributed by atoms with E-state index < -0.39 is 52.6 Å². The molecule has 12 heteroatoms. The number of halogens is 7. The second-order valence-electron chi connectivity index (χ2n) is 4.58. The van der Waals surface area contributed by atoms with Gasteiger partial charge in [-0.15, -0.1) is 0 Å². The molecule has 2 aromatic rings. The maximum Gasteiger partial charge on any atom is 0.433 e. The van der Waals surface area contributed by atoms with Crippen molar-refractivity contribution in [2.45, 2.75) is 13.1 Å². The summed E-state index contributed by atoms with van der Waals surface area (Å²) in [7, 11) is 0. The minimum atomic E-state index is -4.81. The highest BCUT2D eigenvalue weighted by Gasteiger charge is 2.33. The van der Waals surface area contributed by atoms with E-state index in [-0.39, 0.29) is 12.6 Å². The average molecular weight is 369 g/mol. The number of alkyl halides is 3. The number of nitrogens with one attached hydrogen (secondary N) is 3. The first-order chi connectivity index (χ1) is 11.6.